The fraction of sp³-hybridized carbons (Fsp3) is 0.964. The van der Waals surface area contributed by atoms with Crippen molar-refractivity contribution in [2.24, 2.45) is 0 Å². The summed E-state index contributed by atoms with van der Waals surface area (Å²) in [6.45, 7) is 10.6. The Balaban J connectivity index is -0.00000154. The van der Waals surface area contributed by atoms with E-state index in [2.05, 4.69) is 27.7 Å². The minimum Gasteiger partial charge on any atom is -0.481 e. The molecule has 0 aliphatic rings. The summed E-state index contributed by atoms with van der Waals surface area (Å²) in [4.78, 5) is 9.00. The SMILES string of the molecule is CC(=O)O.CCCCCCCC[P+](CC)(CCCCCCCC)CCCCCCCC.P. The molecule has 0 bridgehead atoms. The molecule has 0 aromatic carbocycles. The fourth-order valence-corrected chi connectivity index (χ4v) is 8.80. The van der Waals surface area contributed by atoms with Crippen molar-refractivity contribution < 1.29 is 9.90 Å². The Morgan fingerprint density at radius 2 is 0.750 bits per heavy atom. The van der Waals surface area contributed by atoms with Gasteiger partial charge in [0, 0.05) is 14.2 Å². The zero-order chi connectivity index (χ0) is 23.6. The monoisotopic (exact) mass is 493 g/mol. The van der Waals surface area contributed by atoms with Crippen LogP contribution in [0.3, 0.4) is 0 Å². The average molecular weight is 494 g/mol. The zero-order valence-electron chi connectivity index (χ0n) is 23.1. The highest BCUT2D eigenvalue weighted by atomic mass is 31.2. The predicted octanol–water partition coefficient (Wildman–Crippen LogP) is 10.3. The van der Waals surface area contributed by atoms with Gasteiger partial charge in [-0.05, 0) is 45.4 Å². The van der Waals surface area contributed by atoms with Crippen LogP contribution in [-0.2, 0) is 4.79 Å². The van der Waals surface area contributed by atoms with Gasteiger partial charge >= 0.3 is 0 Å². The Morgan fingerprint density at radius 3 is 0.969 bits per heavy atom. The van der Waals surface area contributed by atoms with Gasteiger partial charge in [-0.15, -0.1) is 0 Å². The van der Waals surface area contributed by atoms with E-state index in [1.54, 1.807) is 18.5 Å². The summed E-state index contributed by atoms with van der Waals surface area (Å²) in [7, 11) is -0.644. The third-order valence-corrected chi connectivity index (χ3v) is 11.8. The van der Waals surface area contributed by atoms with Crippen LogP contribution in [0.2, 0.25) is 0 Å². The quantitative estimate of drug-likeness (QED) is 0.120. The second-order valence-electron chi connectivity index (χ2n) is 9.65. The molecule has 0 radical (unpaired) electrons. The van der Waals surface area contributed by atoms with E-state index in [0.29, 0.717) is 0 Å². The molecule has 0 amide bonds. The molecular formula is C28H63O2P2+. The van der Waals surface area contributed by atoms with E-state index in [9.17, 15) is 0 Å². The van der Waals surface area contributed by atoms with Crippen LogP contribution in [-0.4, -0.2) is 35.7 Å². The second-order valence-corrected chi connectivity index (χ2v) is 14.3. The number of hydrogen-bond donors (Lipinski definition) is 1. The van der Waals surface area contributed by atoms with Crippen molar-refractivity contribution >= 4 is 23.1 Å². The van der Waals surface area contributed by atoms with Crippen molar-refractivity contribution in [2.75, 3.05) is 24.6 Å². The van der Waals surface area contributed by atoms with Gasteiger partial charge in [-0.1, -0.05) is 97.8 Å². The van der Waals surface area contributed by atoms with Crippen LogP contribution >= 0.6 is 17.2 Å². The number of rotatable bonds is 22. The highest BCUT2D eigenvalue weighted by Crippen LogP contribution is 2.60. The fourth-order valence-electron chi connectivity index (χ4n) is 4.49. The lowest BCUT2D eigenvalue weighted by Crippen LogP contribution is -2.11. The smallest absolute Gasteiger partial charge is 0.300 e. The minimum atomic E-state index is -0.833. The highest BCUT2D eigenvalue weighted by molar-refractivity contribution is 7.75. The molecule has 1 unspecified atom stereocenters. The first-order valence-electron chi connectivity index (χ1n) is 14.0. The summed E-state index contributed by atoms with van der Waals surface area (Å²) >= 11 is 0. The molecule has 0 rings (SSSR count). The number of aliphatic carboxylic acids is 1. The van der Waals surface area contributed by atoms with Crippen LogP contribution in [0.25, 0.3) is 0 Å². The minimum absolute atomic E-state index is 0. The van der Waals surface area contributed by atoms with Crippen molar-refractivity contribution in [3.05, 3.63) is 0 Å². The summed E-state index contributed by atoms with van der Waals surface area (Å²) < 4.78 is 0. The maximum atomic E-state index is 9.00. The van der Waals surface area contributed by atoms with E-state index in [-0.39, 0.29) is 9.90 Å². The van der Waals surface area contributed by atoms with Crippen LogP contribution in [0, 0.1) is 0 Å². The first kappa shape index (κ1) is 36.9. The molecule has 0 aromatic rings. The van der Waals surface area contributed by atoms with E-state index in [1.807, 2.05) is 0 Å². The summed E-state index contributed by atoms with van der Waals surface area (Å²) in [5.74, 6) is -0.833. The van der Waals surface area contributed by atoms with Crippen molar-refractivity contribution in [1.82, 2.24) is 0 Å². The Labute approximate surface area is 207 Å². The molecule has 0 heterocycles. The van der Waals surface area contributed by atoms with Gasteiger partial charge in [0.05, 0.1) is 24.6 Å². The van der Waals surface area contributed by atoms with Crippen LogP contribution in [0.4, 0.5) is 0 Å². The van der Waals surface area contributed by atoms with Crippen molar-refractivity contribution in [3.63, 3.8) is 0 Å². The molecule has 32 heavy (non-hydrogen) atoms. The van der Waals surface area contributed by atoms with Gasteiger partial charge in [0.15, 0.2) is 0 Å². The summed E-state index contributed by atoms with van der Waals surface area (Å²) in [6.07, 6.45) is 32.9. The largest absolute Gasteiger partial charge is 0.481 e. The Morgan fingerprint density at radius 1 is 0.531 bits per heavy atom. The van der Waals surface area contributed by atoms with Gasteiger partial charge in [0.1, 0.15) is 0 Å². The third kappa shape index (κ3) is 28.4. The Kier molecular flexibility index (Phi) is 33.8. The van der Waals surface area contributed by atoms with Crippen molar-refractivity contribution in [1.29, 1.82) is 0 Å². The maximum absolute atomic E-state index is 9.00. The van der Waals surface area contributed by atoms with E-state index < -0.39 is 13.2 Å². The molecule has 196 valence electrons. The lowest BCUT2D eigenvalue weighted by Gasteiger charge is -2.27. The number of carboxylic acid groups (broad SMARTS) is 1. The van der Waals surface area contributed by atoms with E-state index >= 15 is 0 Å². The number of carboxylic acids is 1. The third-order valence-electron chi connectivity index (χ3n) is 6.63. The molecule has 0 saturated carbocycles. The van der Waals surface area contributed by atoms with Crippen molar-refractivity contribution in [2.45, 2.75) is 150 Å². The first-order chi connectivity index (χ1) is 15.0. The number of carbonyl (C=O) groups is 1. The van der Waals surface area contributed by atoms with Gasteiger partial charge in [-0.25, -0.2) is 0 Å². The second kappa shape index (κ2) is 29.4. The standard InChI is InChI=1S/C26H56P.C2H4O2.H3P/c1-5-9-12-15-18-21-24-27(8-4,25-22-19-16-13-10-6-2)26-23-20-17-14-11-7-3;1-2(3)4;/h5-26H2,1-4H3;1H3,(H,3,4);1H3/q+1;;. The van der Waals surface area contributed by atoms with Gasteiger partial charge < -0.3 is 5.11 Å². The van der Waals surface area contributed by atoms with E-state index in [0.717, 1.165) is 6.92 Å². The molecule has 0 aliphatic heterocycles. The molecular weight excluding hydrogens is 430 g/mol. The van der Waals surface area contributed by atoms with Crippen LogP contribution in [0.5, 0.6) is 0 Å². The Bertz CT molecular complexity index is 317. The number of hydrogen-bond acceptors (Lipinski definition) is 1. The molecule has 0 saturated heterocycles. The topological polar surface area (TPSA) is 37.3 Å². The molecule has 0 aliphatic carbocycles. The predicted molar refractivity (Wildman–Crippen MR) is 157 cm³/mol. The van der Waals surface area contributed by atoms with Crippen LogP contribution < -0.4 is 0 Å². The van der Waals surface area contributed by atoms with Gasteiger partial charge in [-0.3, -0.25) is 4.79 Å². The van der Waals surface area contributed by atoms with Gasteiger partial charge in [-0.2, -0.15) is 9.90 Å². The zero-order valence-corrected chi connectivity index (χ0v) is 25.4. The lowest BCUT2D eigenvalue weighted by atomic mass is 10.1. The molecule has 2 nitrogen and oxygen atoms in total. The molecule has 0 fully saturated rings. The highest BCUT2D eigenvalue weighted by Gasteiger charge is 2.33. The molecule has 0 aromatic heterocycles. The summed E-state index contributed by atoms with van der Waals surface area (Å²) in [5.41, 5.74) is 0. The first-order valence-corrected chi connectivity index (χ1v) is 16.6. The van der Waals surface area contributed by atoms with Crippen LogP contribution in [0.15, 0.2) is 0 Å². The Hall–Kier alpha value is 0.330. The molecule has 1 atom stereocenters. The van der Waals surface area contributed by atoms with Crippen molar-refractivity contribution in [3.8, 4) is 0 Å². The van der Waals surface area contributed by atoms with Gasteiger partial charge in [0.2, 0.25) is 0 Å². The molecule has 0 spiro atoms. The van der Waals surface area contributed by atoms with E-state index in [4.69, 9.17) is 9.90 Å². The normalized spacial score (nSPS) is 10.9. The lowest BCUT2D eigenvalue weighted by molar-refractivity contribution is -0.134. The van der Waals surface area contributed by atoms with Crippen LogP contribution in [0.1, 0.15) is 150 Å². The summed E-state index contributed by atoms with van der Waals surface area (Å²) in [6, 6.07) is 0. The average Bonchev–Trinajstić information content (AvgIpc) is 2.74. The summed E-state index contributed by atoms with van der Waals surface area (Å²) in [5, 5.41) is 7.42. The maximum Gasteiger partial charge on any atom is 0.300 e. The molecule has 4 heteroatoms. The van der Waals surface area contributed by atoms with E-state index in [1.165, 1.54) is 122 Å². The number of unbranched alkanes of at least 4 members (excludes halogenated alkanes) is 15. The van der Waals surface area contributed by atoms with Gasteiger partial charge in [0.25, 0.3) is 5.97 Å². The molecule has 1 N–H and O–H groups in total.